The summed E-state index contributed by atoms with van der Waals surface area (Å²) >= 11 is 0. The van der Waals surface area contributed by atoms with Crippen LogP contribution in [0.3, 0.4) is 0 Å². The van der Waals surface area contributed by atoms with Crippen LogP contribution >= 0.6 is 0 Å². The Kier molecular flexibility index (Phi) is 13.9. The van der Waals surface area contributed by atoms with Crippen molar-refractivity contribution in [2.75, 3.05) is 16.8 Å². The molecule has 3 heterocycles. The van der Waals surface area contributed by atoms with Gasteiger partial charge in [0.15, 0.2) is 0 Å². The van der Waals surface area contributed by atoms with Crippen LogP contribution in [0.25, 0.3) is 0 Å². The molecule has 0 radical (unpaired) electrons. The number of anilines is 2. The van der Waals surface area contributed by atoms with Crippen LogP contribution < -0.4 is 26.3 Å². The van der Waals surface area contributed by atoms with Gasteiger partial charge in [-0.1, -0.05) is 120 Å². The monoisotopic (exact) mass is 769 g/mol. The summed E-state index contributed by atoms with van der Waals surface area (Å²) in [4.78, 5) is 53.6. The normalized spacial score (nSPS) is 28.0. The van der Waals surface area contributed by atoms with Crippen molar-refractivity contribution in [3.05, 3.63) is 60.2 Å². The van der Waals surface area contributed by atoms with E-state index in [4.69, 9.17) is 4.84 Å². The topological polar surface area (TPSA) is 115 Å². The van der Waals surface area contributed by atoms with E-state index in [-0.39, 0.29) is 42.4 Å². The van der Waals surface area contributed by atoms with Gasteiger partial charge in [0, 0.05) is 19.0 Å². The summed E-state index contributed by atoms with van der Waals surface area (Å²) < 4.78 is 0. The van der Waals surface area contributed by atoms with Crippen LogP contribution in [0, 0.1) is 5.92 Å². The van der Waals surface area contributed by atoms with Crippen LogP contribution in [-0.2, 0) is 19.2 Å². The zero-order valence-corrected chi connectivity index (χ0v) is 34.1. The van der Waals surface area contributed by atoms with Gasteiger partial charge >= 0.3 is 0 Å². The first-order chi connectivity index (χ1) is 27.3. The van der Waals surface area contributed by atoms with Crippen LogP contribution in [-0.4, -0.2) is 65.1 Å². The molecule has 4 N–H and O–H groups in total. The lowest BCUT2D eigenvalue weighted by Gasteiger charge is -2.39. The second-order valence-corrected chi connectivity index (χ2v) is 17.8. The molecule has 3 unspecified atom stereocenters. The van der Waals surface area contributed by atoms with E-state index in [2.05, 4.69) is 69.7 Å². The lowest BCUT2D eigenvalue weighted by Crippen LogP contribution is -2.59. The average molecular weight is 769 g/mol. The van der Waals surface area contributed by atoms with Crippen molar-refractivity contribution in [3.8, 4) is 0 Å². The standard InChI is InChI=1S/C46H68N6O4/c1-33(43-48-37-27-18-19-28-41(37)52(43)36-25-16-9-4-3-5-10-17-26-36)47-44(54)38(31-42(53)51-30-20-29-40(51)34-21-12-11-13-22-34)49-45(55)39-32-46(2,56-50-39)35-23-14-7-6-8-15-24-35/h11-13,18-19,21-22,27-28,33,35-36,38-40,43,48,50H,3-10,14-17,20,23-26,29-32H2,1-2H3,(H,47,54)(H,49,55)/t33-,38-,39?,40+,43?,46?/m0/s1. The van der Waals surface area contributed by atoms with Crippen LogP contribution in [0.5, 0.6) is 0 Å². The summed E-state index contributed by atoms with van der Waals surface area (Å²) in [5.74, 6) is -0.373. The molecule has 3 amide bonds. The Bertz CT molecular complexity index is 1590. The molecule has 0 bridgehead atoms. The number of fused-ring (bicyclic) bond motifs is 1. The number of nitrogens with zero attached hydrogens (tertiary/aromatic N) is 2. The molecule has 5 aliphatic rings. The third-order valence-electron chi connectivity index (χ3n) is 13.7. The van der Waals surface area contributed by atoms with E-state index in [0.717, 1.165) is 49.8 Å². The number of hydroxylamine groups is 1. The first kappa shape index (κ1) is 40.6. The lowest BCUT2D eigenvalue weighted by molar-refractivity contribution is -0.137. The molecule has 2 aromatic carbocycles. The second kappa shape index (κ2) is 19.2. The minimum atomic E-state index is -1.03. The number of nitrogens with one attached hydrogen (secondary N) is 4. The van der Waals surface area contributed by atoms with Crippen LogP contribution in [0.2, 0.25) is 0 Å². The molecule has 2 aromatic rings. The third-order valence-corrected chi connectivity index (χ3v) is 13.7. The van der Waals surface area contributed by atoms with Crippen molar-refractivity contribution >= 4 is 29.1 Å². The molecular formula is C46H68N6O4. The summed E-state index contributed by atoms with van der Waals surface area (Å²) in [6.07, 6.45) is 21.5. The molecule has 10 heteroatoms. The molecule has 56 heavy (non-hydrogen) atoms. The van der Waals surface area contributed by atoms with Gasteiger partial charge in [-0.15, -0.1) is 0 Å². The number of benzene rings is 2. The highest BCUT2D eigenvalue weighted by atomic mass is 16.7. The quantitative estimate of drug-likeness (QED) is 0.192. The SMILES string of the molecule is C[C@H](NC(=O)[C@H](CC(=O)N1CCC[C@@H]1c1ccccc1)NC(=O)C1CC(C)(C2CCCCCCC2)ON1)C1Nc2ccccc2N1C1CCCCCCCCC1. The van der Waals surface area contributed by atoms with E-state index in [1.807, 2.05) is 30.0 Å². The summed E-state index contributed by atoms with van der Waals surface area (Å²) in [7, 11) is 0. The maximum Gasteiger partial charge on any atom is 0.243 e. The fourth-order valence-electron chi connectivity index (χ4n) is 10.5. The first-order valence-electron chi connectivity index (χ1n) is 22.3. The fourth-order valence-corrected chi connectivity index (χ4v) is 10.5. The number of likely N-dealkylation sites (tertiary alicyclic amines) is 1. The number of hydrogen-bond acceptors (Lipinski definition) is 7. The van der Waals surface area contributed by atoms with Crippen molar-refractivity contribution < 1.29 is 19.2 Å². The summed E-state index contributed by atoms with van der Waals surface area (Å²) in [6, 6.07) is 17.0. The molecule has 3 aliphatic heterocycles. The second-order valence-electron chi connectivity index (χ2n) is 17.8. The van der Waals surface area contributed by atoms with Crippen molar-refractivity contribution in [1.82, 2.24) is 21.0 Å². The molecular weight excluding hydrogens is 701 g/mol. The van der Waals surface area contributed by atoms with Crippen molar-refractivity contribution in [2.45, 2.75) is 184 Å². The Hall–Kier alpha value is -3.63. The van der Waals surface area contributed by atoms with Gasteiger partial charge in [0.25, 0.3) is 0 Å². The first-order valence-corrected chi connectivity index (χ1v) is 22.3. The minimum Gasteiger partial charge on any atom is -0.362 e. The number of rotatable bonds is 10. The van der Waals surface area contributed by atoms with Gasteiger partial charge in [-0.05, 0) is 76.0 Å². The molecule has 4 fully saturated rings. The Morgan fingerprint density at radius 1 is 0.786 bits per heavy atom. The molecule has 2 aliphatic carbocycles. The largest absolute Gasteiger partial charge is 0.362 e. The summed E-state index contributed by atoms with van der Waals surface area (Å²) in [6.45, 7) is 4.81. The third kappa shape index (κ3) is 9.72. The number of carbonyl (C=O) groups is 3. The van der Waals surface area contributed by atoms with Gasteiger partial charge in [-0.2, -0.15) is 5.48 Å². The smallest absolute Gasteiger partial charge is 0.243 e. The molecule has 2 saturated carbocycles. The van der Waals surface area contributed by atoms with Gasteiger partial charge in [0.2, 0.25) is 17.7 Å². The number of amides is 3. The summed E-state index contributed by atoms with van der Waals surface area (Å²) in [5, 5.41) is 10.1. The molecule has 0 aromatic heterocycles. The van der Waals surface area contributed by atoms with Crippen LogP contribution in [0.1, 0.15) is 154 Å². The highest BCUT2D eigenvalue weighted by Gasteiger charge is 2.46. The molecule has 6 atom stereocenters. The Labute approximate surface area is 335 Å². The molecule has 306 valence electrons. The predicted octanol–water partition coefficient (Wildman–Crippen LogP) is 8.29. The Balaban J connectivity index is 1.08. The Morgan fingerprint density at radius 2 is 1.41 bits per heavy atom. The molecule has 10 nitrogen and oxygen atoms in total. The summed E-state index contributed by atoms with van der Waals surface area (Å²) in [5.41, 5.74) is 5.97. The van der Waals surface area contributed by atoms with Gasteiger partial charge < -0.3 is 25.8 Å². The maximum atomic E-state index is 14.6. The van der Waals surface area contributed by atoms with Gasteiger partial charge in [0.05, 0.1) is 35.5 Å². The Morgan fingerprint density at radius 3 is 2.11 bits per heavy atom. The van der Waals surface area contributed by atoms with E-state index in [1.165, 1.54) is 82.7 Å². The van der Waals surface area contributed by atoms with Gasteiger partial charge in [-0.25, -0.2) is 0 Å². The van der Waals surface area contributed by atoms with E-state index < -0.39 is 17.7 Å². The fraction of sp³-hybridized carbons (Fsp3) is 0.674. The van der Waals surface area contributed by atoms with Crippen molar-refractivity contribution in [3.63, 3.8) is 0 Å². The van der Waals surface area contributed by atoms with Crippen molar-refractivity contribution in [2.24, 2.45) is 5.92 Å². The maximum absolute atomic E-state index is 14.6. The minimum absolute atomic E-state index is 0.0385. The van der Waals surface area contributed by atoms with Crippen LogP contribution in [0.4, 0.5) is 11.4 Å². The van der Waals surface area contributed by atoms with Crippen LogP contribution in [0.15, 0.2) is 54.6 Å². The van der Waals surface area contributed by atoms with E-state index in [0.29, 0.717) is 24.9 Å². The van der Waals surface area contributed by atoms with Crippen molar-refractivity contribution in [1.29, 1.82) is 0 Å². The number of hydrogen-bond donors (Lipinski definition) is 4. The number of para-hydroxylation sites is 2. The highest BCUT2D eigenvalue weighted by Crippen LogP contribution is 2.41. The zero-order valence-electron chi connectivity index (χ0n) is 34.1. The molecule has 7 rings (SSSR count). The van der Waals surface area contributed by atoms with E-state index in [9.17, 15) is 14.4 Å². The van der Waals surface area contributed by atoms with E-state index in [1.54, 1.807) is 0 Å². The molecule has 0 spiro atoms. The van der Waals surface area contributed by atoms with Gasteiger partial charge in [0.1, 0.15) is 18.2 Å². The predicted molar refractivity (Wildman–Crippen MR) is 223 cm³/mol. The highest BCUT2D eigenvalue weighted by molar-refractivity contribution is 5.94. The van der Waals surface area contributed by atoms with Gasteiger partial charge in [-0.3, -0.25) is 19.2 Å². The lowest BCUT2D eigenvalue weighted by atomic mass is 9.77. The van der Waals surface area contributed by atoms with E-state index >= 15 is 0 Å². The molecule has 2 saturated heterocycles. The number of carbonyl (C=O) groups excluding carboxylic acids is 3. The average Bonchev–Trinajstić information content (AvgIpc) is 3.95. The zero-order chi connectivity index (χ0) is 38.9.